The predicted molar refractivity (Wildman–Crippen MR) is 59.8 cm³/mol. The highest BCUT2D eigenvalue weighted by molar-refractivity contribution is 6.22. The fourth-order valence-electron chi connectivity index (χ4n) is 1.69. The summed E-state index contributed by atoms with van der Waals surface area (Å²) in [5.74, 6) is -0.586. The number of carbonyl (C=O) groups excluding carboxylic acids is 2. The molecule has 0 spiro atoms. The van der Waals surface area contributed by atoms with Crippen molar-refractivity contribution in [3.63, 3.8) is 0 Å². The summed E-state index contributed by atoms with van der Waals surface area (Å²) in [6, 6.07) is 6.76. The van der Waals surface area contributed by atoms with Gasteiger partial charge in [0.05, 0.1) is 17.7 Å². The maximum atomic E-state index is 11.9. The number of nitrogens with zero attached hydrogens (tertiary/aromatic N) is 1. The van der Waals surface area contributed by atoms with E-state index in [1.165, 1.54) is 0 Å². The van der Waals surface area contributed by atoms with Gasteiger partial charge in [0.1, 0.15) is 0 Å². The fraction of sp³-hybridized carbons (Fsp3) is 0.250. The molecule has 0 aromatic heterocycles. The average Bonchev–Trinajstić information content (AvgIpc) is 2.55. The van der Waals surface area contributed by atoms with E-state index in [1.54, 1.807) is 24.3 Å². The van der Waals surface area contributed by atoms with Gasteiger partial charge in [-0.15, -0.1) is 0 Å². The Hall–Kier alpha value is -1.97. The predicted octanol–water partition coefficient (Wildman–Crippen LogP) is 1.71. The first-order valence-electron chi connectivity index (χ1n) is 5.16. The summed E-state index contributed by atoms with van der Waals surface area (Å²) in [4.78, 5) is 24.9. The Balaban J connectivity index is 2.32. The Morgan fingerprint density at radius 3 is 2.12 bits per heavy atom. The number of rotatable bonds is 3. The van der Waals surface area contributed by atoms with Crippen LogP contribution in [0, 0.1) is 5.41 Å². The summed E-state index contributed by atoms with van der Waals surface area (Å²) in [6.45, 7) is 1.93. The first-order valence-corrected chi connectivity index (χ1v) is 5.16. The Morgan fingerprint density at radius 2 is 1.69 bits per heavy atom. The van der Waals surface area contributed by atoms with Gasteiger partial charge in [-0.3, -0.25) is 14.5 Å². The van der Waals surface area contributed by atoms with Crippen molar-refractivity contribution in [1.29, 1.82) is 5.41 Å². The van der Waals surface area contributed by atoms with Gasteiger partial charge in [0.15, 0.2) is 0 Å². The van der Waals surface area contributed by atoms with Crippen LogP contribution in [0.4, 0.5) is 0 Å². The molecule has 4 heteroatoms. The molecule has 2 rings (SSSR count). The SMILES string of the molecule is CCC(=N)CN1C(=O)c2ccccc2C1=O. The van der Waals surface area contributed by atoms with Gasteiger partial charge in [-0.05, 0) is 18.6 Å². The van der Waals surface area contributed by atoms with Crippen LogP contribution < -0.4 is 0 Å². The van der Waals surface area contributed by atoms with Gasteiger partial charge in [-0.2, -0.15) is 0 Å². The standard InChI is InChI=1S/C12H12N2O2/c1-2-8(13)7-14-11(15)9-5-3-4-6-10(9)12(14)16/h3-6,13H,2,7H2,1H3. The van der Waals surface area contributed by atoms with Gasteiger partial charge >= 0.3 is 0 Å². The van der Waals surface area contributed by atoms with E-state index in [4.69, 9.17) is 5.41 Å². The maximum absolute atomic E-state index is 11.9. The summed E-state index contributed by atoms with van der Waals surface area (Å²) in [7, 11) is 0. The molecule has 0 atom stereocenters. The van der Waals surface area contributed by atoms with Crippen LogP contribution in [0.2, 0.25) is 0 Å². The molecule has 1 N–H and O–H groups in total. The third kappa shape index (κ3) is 1.52. The van der Waals surface area contributed by atoms with Crippen LogP contribution in [0.15, 0.2) is 24.3 Å². The molecule has 1 aromatic rings. The molecule has 0 unspecified atom stereocenters. The topological polar surface area (TPSA) is 61.2 Å². The normalized spacial score (nSPS) is 14.2. The first-order chi connectivity index (χ1) is 7.65. The minimum absolute atomic E-state index is 0.100. The molecule has 1 aliphatic heterocycles. The molecule has 0 radical (unpaired) electrons. The van der Waals surface area contributed by atoms with E-state index in [2.05, 4.69) is 0 Å². The molecular weight excluding hydrogens is 204 g/mol. The second-order valence-corrected chi connectivity index (χ2v) is 3.70. The van der Waals surface area contributed by atoms with Crippen molar-refractivity contribution in [2.24, 2.45) is 0 Å². The number of amides is 2. The first kappa shape index (κ1) is 10.5. The molecule has 2 amide bonds. The quantitative estimate of drug-likeness (QED) is 0.617. The molecule has 4 nitrogen and oxygen atoms in total. The lowest BCUT2D eigenvalue weighted by Crippen LogP contribution is -2.34. The number of hydrogen-bond acceptors (Lipinski definition) is 3. The van der Waals surface area contributed by atoms with E-state index in [9.17, 15) is 9.59 Å². The van der Waals surface area contributed by atoms with Crippen LogP contribution in [-0.4, -0.2) is 29.0 Å². The molecule has 1 aromatic carbocycles. The van der Waals surface area contributed by atoms with Crippen LogP contribution in [0.25, 0.3) is 0 Å². The van der Waals surface area contributed by atoms with Crippen molar-refractivity contribution in [3.8, 4) is 0 Å². The molecule has 0 saturated heterocycles. The van der Waals surface area contributed by atoms with Crippen molar-refractivity contribution in [2.75, 3.05) is 6.54 Å². The molecule has 1 heterocycles. The second-order valence-electron chi connectivity index (χ2n) is 3.70. The lowest BCUT2D eigenvalue weighted by Gasteiger charge is -2.13. The van der Waals surface area contributed by atoms with Gasteiger partial charge in [0, 0.05) is 5.71 Å². The monoisotopic (exact) mass is 216 g/mol. The van der Waals surface area contributed by atoms with Crippen LogP contribution in [0.3, 0.4) is 0 Å². The molecule has 82 valence electrons. The van der Waals surface area contributed by atoms with Crippen molar-refractivity contribution in [3.05, 3.63) is 35.4 Å². The van der Waals surface area contributed by atoms with Crippen molar-refractivity contribution in [1.82, 2.24) is 4.90 Å². The van der Waals surface area contributed by atoms with Crippen LogP contribution >= 0.6 is 0 Å². The number of benzene rings is 1. The molecule has 0 fully saturated rings. The number of fused-ring (bicyclic) bond motifs is 1. The maximum Gasteiger partial charge on any atom is 0.261 e. The van der Waals surface area contributed by atoms with E-state index < -0.39 is 0 Å². The second kappa shape index (κ2) is 3.89. The highest BCUT2D eigenvalue weighted by Crippen LogP contribution is 2.22. The van der Waals surface area contributed by atoms with Gasteiger partial charge in [0.25, 0.3) is 11.8 Å². The van der Waals surface area contributed by atoms with Crippen LogP contribution in [0.5, 0.6) is 0 Å². The number of hydrogen-bond donors (Lipinski definition) is 1. The van der Waals surface area contributed by atoms with Gasteiger partial charge in [-0.25, -0.2) is 0 Å². The van der Waals surface area contributed by atoms with Crippen molar-refractivity contribution >= 4 is 17.5 Å². The minimum atomic E-state index is -0.293. The van der Waals surface area contributed by atoms with E-state index in [-0.39, 0.29) is 18.4 Å². The Morgan fingerprint density at radius 1 is 1.19 bits per heavy atom. The lowest BCUT2D eigenvalue weighted by atomic mass is 10.1. The summed E-state index contributed by atoms with van der Waals surface area (Å²) in [5.41, 5.74) is 1.27. The smallest absolute Gasteiger partial charge is 0.261 e. The summed E-state index contributed by atoms with van der Waals surface area (Å²) < 4.78 is 0. The summed E-state index contributed by atoms with van der Waals surface area (Å²) >= 11 is 0. The lowest BCUT2D eigenvalue weighted by molar-refractivity contribution is 0.0676. The highest BCUT2D eigenvalue weighted by atomic mass is 16.2. The third-order valence-corrected chi connectivity index (χ3v) is 2.65. The number of imide groups is 1. The molecular formula is C12H12N2O2. The molecule has 0 saturated carbocycles. The van der Waals surface area contributed by atoms with Crippen molar-refractivity contribution in [2.45, 2.75) is 13.3 Å². The van der Waals surface area contributed by atoms with Crippen LogP contribution in [-0.2, 0) is 0 Å². The molecule has 16 heavy (non-hydrogen) atoms. The highest BCUT2D eigenvalue weighted by Gasteiger charge is 2.35. The Bertz CT molecular complexity index is 445. The zero-order valence-electron chi connectivity index (χ0n) is 8.99. The molecule has 0 bridgehead atoms. The minimum Gasteiger partial charge on any atom is -0.308 e. The Kier molecular flexibility index (Phi) is 2.56. The van der Waals surface area contributed by atoms with E-state index >= 15 is 0 Å². The zero-order chi connectivity index (χ0) is 11.7. The Labute approximate surface area is 93.4 Å². The molecule has 1 aliphatic rings. The fourth-order valence-corrected chi connectivity index (χ4v) is 1.69. The van der Waals surface area contributed by atoms with E-state index in [0.717, 1.165) is 4.90 Å². The molecule has 0 aliphatic carbocycles. The average molecular weight is 216 g/mol. The van der Waals surface area contributed by atoms with Crippen molar-refractivity contribution < 1.29 is 9.59 Å². The number of nitrogens with one attached hydrogen (secondary N) is 1. The zero-order valence-corrected chi connectivity index (χ0v) is 8.99. The van der Waals surface area contributed by atoms with Gasteiger partial charge in [0.2, 0.25) is 0 Å². The van der Waals surface area contributed by atoms with Crippen LogP contribution in [0.1, 0.15) is 34.1 Å². The van der Waals surface area contributed by atoms with Gasteiger partial charge < -0.3 is 5.41 Å². The third-order valence-electron chi connectivity index (χ3n) is 2.65. The van der Waals surface area contributed by atoms with E-state index in [0.29, 0.717) is 23.3 Å². The largest absolute Gasteiger partial charge is 0.308 e. The van der Waals surface area contributed by atoms with Gasteiger partial charge in [-0.1, -0.05) is 19.1 Å². The summed E-state index contributed by atoms with van der Waals surface area (Å²) in [6.07, 6.45) is 0.549. The number of carbonyl (C=O) groups is 2. The van der Waals surface area contributed by atoms with E-state index in [1.807, 2.05) is 6.92 Å². The summed E-state index contributed by atoms with van der Waals surface area (Å²) in [5, 5.41) is 7.54.